The van der Waals surface area contributed by atoms with E-state index >= 15 is 0 Å². The third-order valence-electron chi connectivity index (χ3n) is 2.80. The maximum absolute atomic E-state index is 5.98. The van der Waals surface area contributed by atoms with Gasteiger partial charge in [-0.05, 0) is 20.8 Å². The lowest BCUT2D eigenvalue weighted by molar-refractivity contribution is -0.109. The third kappa shape index (κ3) is 1.87. The number of rotatable bonds is 0. The summed E-state index contributed by atoms with van der Waals surface area (Å²) in [5.74, 6) is 0. The summed E-state index contributed by atoms with van der Waals surface area (Å²) in [6, 6.07) is 0. The van der Waals surface area contributed by atoms with E-state index in [-0.39, 0.29) is 11.2 Å². The smallest absolute Gasteiger partial charge is 0.107 e. The normalized spacial score (nSPS) is 44.1. The summed E-state index contributed by atoms with van der Waals surface area (Å²) in [5.41, 5.74) is -0.0695. The lowest BCUT2D eigenvalue weighted by Crippen LogP contribution is -2.53. The highest BCUT2D eigenvalue weighted by Crippen LogP contribution is 2.36. The topological polar surface area (TPSA) is 30.5 Å². The van der Waals surface area contributed by atoms with Crippen molar-refractivity contribution in [2.24, 2.45) is 0 Å². The van der Waals surface area contributed by atoms with Gasteiger partial charge in [0.2, 0.25) is 0 Å². The summed E-state index contributed by atoms with van der Waals surface area (Å²) in [7, 11) is 0. The fourth-order valence-corrected chi connectivity index (χ4v) is 2.41. The van der Waals surface area contributed by atoms with Gasteiger partial charge >= 0.3 is 0 Å². The molecule has 0 aromatic heterocycles. The molecule has 1 spiro atoms. The van der Waals surface area contributed by atoms with Gasteiger partial charge in [-0.1, -0.05) is 0 Å². The molecule has 0 radical (unpaired) electrons. The van der Waals surface area contributed by atoms with Crippen LogP contribution in [0.3, 0.4) is 0 Å². The molecule has 2 unspecified atom stereocenters. The van der Waals surface area contributed by atoms with Crippen molar-refractivity contribution >= 4 is 0 Å². The minimum absolute atomic E-state index is 0.0151. The van der Waals surface area contributed by atoms with E-state index in [1.165, 1.54) is 0 Å². The molecule has 2 atom stereocenters. The molecule has 0 aliphatic carbocycles. The molecule has 2 fully saturated rings. The quantitative estimate of drug-likeness (QED) is 0.609. The molecule has 0 aromatic carbocycles. The highest BCUT2D eigenvalue weighted by Gasteiger charge is 2.47. The molecule has 0 aromatic rings. The highest BCUT2D eigenvalue weighted by molar-refractivity contribution is 4.98. The molecule has 0 bridgehead atoms. The van der Waals surface area contributed by atoms with E-state index in [2.05, 4.69) is 26.1 Å². The van der Waals surface area contributed by atoms with E-state index < -0.39 is 0 Å². The van der Waals surface area contributed by atoms with Crippen molar-refractivity contribution in [2.75, 3.05) is 19.7 Å². The molecule has 3 heteroatoms. The Balaban J connectivity index is 2.05. The lowest BCUT2D eigenvalue weighted by atomic mass is 9.92. The predicted molar refractivity (Wildman–Crippen MR) is 50.8 cm³/mol. The zero-order valence-electron chi connectivity index (χ0n) is 8.72. The summed E-state index contributed by atoms with van der Waals surface area (Å²) in [4.78, 5) is 0. The Labute approximate surface area is 79.8 Å². The van der Waals surface area contributed by atoms with E-state index in [4.69, 9.17) is 9.47 Å². The molecule has 2 rings (SSSR count). The fourth-order valence-electron chi connectivity index (χ4n) is 2.41. The Morgan fingerprint density at radius 2 is 2.15 bits per heavy atom. The van der Waals surface area contributed by atoms with Gasteiger partial charge in [0.15, 0.2) is 0 Å². The molecule has 1 N–H and O–H groups in total. The van der Waals surface area contributed by atoms with Crippen molar-refractivity contribution in [3.05, 3.63) is 0 Å². The second-order valence-electron chi connectivity index (χ2n) is 4.97. The monoisotopic (exact) mass is 185 g/mol. The van der Waals surface area contributed by atoms with Gasteiger partial charge in [-0.3, -0.25) is 0 Å². The van der Waals surface area contributed by atoms with Crippen LogP contribution in [-0.4, -0.2) is 37.0 Å². The van der Waals surface area contributed by atoms with Crippen molar-refractivity contribution in [1.82, 2.24) is 5.32 Å². The molecule has 2 saturated heterocycles. The molecule has 2 aliphatic rings. The predicted octanol–water partition coefficient (Wildman–Crippen LogP) is 0.932. The van der Waals surface area contributed by atoms with Gasteiger partial charge in [0.1, 0.15) is 5.60 Å². The minimum atomic E-state index is -0.0544. The number of nitrogens with one attached hydrogen (secondary N) is 1. The summed E-state index contributed by atoms with van der Waals surface area (Å²) in [6.07, 6.45) is 1.31. The third-order valence-corrected chi connectivity index (χ3v) is 2.80. The van der Waals surface area contributed by atoms with E-state index in [9.17, 15) is 0 Å². The molecule has 0 amide bonds. The van der Waals surface area contributed by atoms with Crippen LogP contribution in [0.1, 0.15) is 27.2 Å². The first-order valence-corrected chi connectivity index (χ1v) is 5.04. The van der Waals surface area contributed by atoms with Crippen LogP contribution in [0.25, 0.3) is 0 Å². The number of ether oxygens (including phenoxy) is 2. The first-order chi connectivity index (χ1) is 6.02. The van der Waals surface area contributed by atoms with Gasteiger partial charge in [0, 0.05) is 19.5 Å². The Morgan fingerprint density at radius 3 is 2.69 bits per heavy atom. The second-order valence-corrected chi connectivity index (χ2v) is 4.97. The van der Waals surface area contributed by atoms with Crippen molar-refractivity contribution in [3.8, 4) is 0 Å². The van der Waals surface area contributed by atoms with Gasteiger partial charge in [-0.25, -0.2) is 0 Å². The summed E-state index contributed by atoms with van der Waals surface area (Å²) in [6.45, 7) is 8.99. The Kier molecular flexibility index (Phi) is 2.13. The van der Waals surface area contributed by atoms with Gasteiger partial charge < -0.3 is 14.8 Å². The van der Waals surface area contributed by atoms with Crippen LogP contribution in [-0.2, 0) is 9.47 Å². The van der Waals surface area contributed by atoms with Gasteiger partial charge in [0.05, 0.1) is 18.3 Å². The average Bonchev–Trinajstić information content (AvgIpc) is 2.26. The lowest BCUT2D eigenvalue weighted by Gasteiger charge is -2.37. The van der Waals surface area contributed by atoms with Gasteiger partial charge in [0.25, 0.3) is 0 Å². The molecule has 2 heterocycles. The van der Waals surface area contributed by atoms with Crippen LogP contribution in [0.5, 0.6) is 0 Å². The fraction of sp³-hybridized carbons (Fsp3) is 1.00. The zero-order valence-corrected chi connectivity index (χ0v) is 8.72. The Morgan fingerprint density at radius 1 is 1.38 bits per heavy atom. The molecule has 3 nitrogen and oxygen atoms in total. The van der Waals surface area contributed by atoms with E-state index in [0.717, 1.165) is 26.1 Å². The Bertz CT molecular complexity index is 205. The molecule has 13 heavy (non-hydrogen) atoms. The number of morpholine rings is 1. The molecule has 2 aliphatic heterocycles. The second kappa shape index (κ2) is 2.94. The van der Waals surface area contributed by atoms with Crippen LogP contribution < -0.4 is 5.32 Å². The molecule has 0 saturated carbocycles. The van der Waals surface area contributed by atoms with Gasteiger partial charge in [-0.15, -0.1) is 0 Å². The first-order valence-electron chi connectivity index (χ1n) is 5.04. The van der Waals surface area contributed by atoms with Crippen molar-refractivity contribution in [3.63, 3.8) is 0 Å². The standard InChI is InChI=1S/C10H19NO2/c1-8-4-11-6-10(13-8)5-9(2,3)12-7-10/h8,11H,4-7H2,1-3H3. The molecular weight excluding hydrogens is 166 g/mol. The summed E-state index contributed by atoms with van der Waals surface area (Å²) >= 11 is 0. The van der Waals surface area contributed by atoms with Crippen LogP contribution in [0.15, 0.2) is 0 Å². The highest BCUT2D eigenvalue weighted by atomic mass is 16.6. The van der Waals surface area contributed by atoms with E-state index in [0.29, 0.717) is 6.10 Å². The largest absolute Gasteiger partial charge is 0.372 e. The van der Waals surface area contributed by atoms with Crippen LogP contribution in [0, 0.1) is 0 Å². The SMILES string of the molecule is CC1CNCC2(COC(C)(C)C2)O1. The van der Waals surface area contributed by atoms with Crippen LogP contribution in [0.4, 0.5) is 0 Å². The molecule has 76 valence electrons. The zero-order chi connectivity index (χ0) is 9.53. The van der Waals surface area contributed by atoms with Crippen molar-refractivity contribution in [1.29, 1.82) is 0 Å². The average molecular weight is 185 g/mol. The number of hydrogen-bond donors (Lipinski definition) is 1. The minimum Gasteiger partial charge on any atom is -0.372 e. The van der Waals surface area contributed by atoms with Gasteiger partial charge in [-0.2, -0.15) is 0 Å². The maximum Gasteiger partial charge on any atom is 0.107 e. The van der Waals surface area contributed by atoms with E-state index in [1.807, 2.05) is 0 Å². The molecular formula is C10H19NO2. The first kappa shape index (κ1) is 9.44. The van der Waals surface area contributed by atoms with E-state index in [1.54, 1.807) is 0 Å². The summed E-state index contributed by atoms with van der Waals surface area (Å²) in [5, 5.41) is 3.40. The maximum atomic E-state index is 5.98. The number of hydrogen-bond acceptors (Lipinski definition) is 3. The van der Waals surface area contributed by atoms with Crippen molar-refractivity contribution in [2.45, 2.75) is 44.5 Å². The Hall–Kier alpha value is -0.120. The van der Waals surface area contributed by atoms with Crippen molar-refractivity contribution < 1.29 is 9.47 Å². The summed E-state index contributed by atoms with van der Waals surface area (Å²) < 4.78 is 11.7. The van der Waals surface area contributed by atoms with Crippen LogP contribution in [0.2, 0.25) is 0 Å². The van der Waals surface area contributed by atoms with Crippen LogP contribution >= 0.6 is 0 Å².